The van der Waals surface area contributed by atoms with Crippen LogP contribution in [0.2, 0.25) is 0 Å². The molecule has 1 fully saturated rings. The lowest BCUT2D eigenvalue weighted by Gasteiger charge is -2.28. The number of carbonyl (C=O) groups is 1. The van der Waals surface area contributed by atoms with Crippen LogP contribution in [-0.4, -0.2) is 37.2 Å². The second-order valence-corrected chi connectivity index (χ2v) is 6.66. The fraction of sp³-hybridized carbons (Fsp3) is 0.286. The molecule has 0 atom stereocenters. The van der Waals surface area contributed by atoms with Gasteiger partial charge in [-0.15, -0.1) is 0 Å². The molecule has 1 saturated heterocycles. The van der Waals surface area contributed by atoms with Gasteiger partial charge in [0.1, 0.15) is 5.82 Å². The number of nitrogens with zero attached hydrogens (tertiary/aromatic N) is 2. The number of pyridine rings is 1. The van der Waals surface area contributed by atoms with E-state index in [1.165, 1.54) is 0 Å². The van der Waals surface area contributed by atoms with Gasteiger partial charge in [0.25, 0.3) is 5.91 Å². The number of amides is 1. The van der Waals surface area contributed by atoms with Crippen molar-refractivity contribution < 1.29 is 13.9 Å². The number of nitrogens with one attached hydrogen (secondary N) is 1. The van der Waals surface area contributed by atoms with Crippen LogP contribution < -0.4 is 15.8 Å². The smallest absolute Gasteiger partial charge is 0.344 e. The van der Waals surface area contributed by atoms with Gasteiger partial charge in [-0.3, -0.25) is 4.79 Å². The van der Waals surface area contributed by atoms with Crippen LogP contribution in [0.5, 0.6) is 0 Å². The van der Waals surface area contributed by atoms with Gasteiger partial charge in [-0.2, -0.15) is 0 Å². The molecule has 1 aromatic carbocycles. The molecule has 1 aliphatic rings. The van der Waals surface area contributed by atoms with Crippen molar-refractivity contribution in [3.8, 4) is 0 Å². The Bertz CT molecular complexity index is 1070. The normalized spacial score (nSPS) is 14.2. The highest BCUT2D eigenvalue weighted by Crippen LogP contribution is 2.19. The number of aryl methyl sites for hydroxylation is 1. The maximum atomic E-state index is 12.6. The highest BCUT2D eigenvalue weighted by atomic mass is 16.5. The molecule has 0 aliphatic carbocycles. The van der Waals surface area contributed by atoms with E-state index in [-0.39, 0.29) is 12.3 Å². The van der Waals surface area contributed by atoms with Gasteiger partial charge in [0.15, 0.2) is 5.76 Å². The van der Waals surface area contributed by atoms with Crippen LogP contribution in [0, 0.1) is 6.92 Å². The Kier molecular flexibility index (Phi) is 5.08. The van der Waals surface area contributed by atoms with Crippen LogP contribution in [0.15, 0.2) is 51.7 Å². The molecule has 4 rings (SSSR count). The van der Waals surface area contributed by atoms with E-state index in [0.29, 0.717) is 24.2 Å². The van der Waals surface area contributed by atoms with Crippen molar-refractivity contribution in [3.05, 3.63) is 69.9 Å². The number of fused-ring (bicyclic) bond motifs is 1. The first-order valence-electron chi connectivity index (χ1n) is 9.23. The summed E-state index contributed by atoms with van der Waals surface area (Å²) in [5, 5.41) is 3.99. The van der Waals surface area contributed by atoms with E-state index >= 15 is 0 Å². The predicted molar refractivity (Wildman–Crippen MR) is 106 cm³/mol. The van der Waals surface area contributed by atoms with Crippen LogP contribution in [-0.2, 0) is 11.3 Å². The van der Waals surface area contributed by atoms with E-state index in [0.717, 1.165) is 30.0 Å². The number of carbonyl (C=O) groups excluding carboxylic acids is 1. The molecule has 3 heterocycles. The molecule has 28 heavy (non-hydrogen) atoms. The summed E-state index contributed by atoms with van der Waals surface area (Å²) in [5.74, 6) is 0.468. The van der Waals surface area contributed by atoms with Crippen molar-refractivity contribution in [1.82, 2.24) is 10.3 Å². The Balaban J connectivity index is 1.51. The maximum Gasteiger partial charge on any atom is 0.344 e. The third-order valence-electron chi connectivity index (χ3n) is 4.85. The molecule has 1 aliphatic heterocycles. The van der Waals surface area contributed by atoms with Gasteiger partial charge in [0, 0.05) is 18.7 Å². The van der Waals surface area contributed by atoms with Crippen molar-refractivity contribution in [3.63, 3.8) is 0 Å². The number of ether oxygens (including phenoxy) is 1. The van der Waals surface area contributed by atoms with Gasteiger partial charge in [-0.1, -0.05) is 24.3 Å². The largest absolute Gasteiger partial charge is 0.417 e. The summed E-state index contributed by atoms with van der Waals surface area (Å²) < 4.78 is 10.6. The first-order chi connectivity index (χ1) is 13.6. The highest BCUT2D eigenvalue weighted by molar-refractivity contribution is 5.97. The van der Waals surface area contributed by atoms with Gasteiger partial charge < -0.3 is 19.4 Å². The summed E-state index contributed by atoms with van der Waals surface area (Å²) in [6, 6.07) is 12.8. The molecular formula is C21H21N3O4. The maximum absolute atomic E-state index is 12.6. The lowest BCUT2D eigenvalue weighted by atomic mass is 10.1. The molecule has 7 nitrogen and oxygen atoms in total. The lowest BCUT2D eigenvalue weighted by molar-refractivity contribution is 0.0917. The molecule has 0 spiro atoms. The van der Waals surface area contributed by atoms with Crippen LogP contribution in [0.1, 0.15) is 21.8 Å². The number of morpholine rings is 1. The molecule has 2 aromatic heterocycles. The first kappa shape index (κ1) is 18.2. The minimum absolute atomic E-state index is 0.0352. The Labute approximate surface area is 161 Å². The van der Waals surface area contributed by atoms with Crippen molar-refractivity contribution in [1.29, 1.82) is 0 Å². The van der Waals surface area contributed by atoms with Gasteiger partial charge in [-0.25, -0.2) is 9.78 Å². The average molecular weight is 379 g/mol. The number of anilines is 1. The van der Waals surface area contributed by atoms with E-state index < -0.39 is 11.5 Å². The quantitative estimate of drug-likeness (QED) is 0.749. The number of benzene rings is 1. The zero-order valence-electron chi connectivity index (χ0n) is 15.6. The standard InChI is InChI=1S/C21H21N3O4/c1-14-16-6-2-3-7-17(16)21(26)28-19(14)20(25)22-13-15-5-4-8-18(23-15)24-9-11-27-12-10-24/h2-8H,9-13H2,1H3,(H,22,25). The first-order valence-corrected chi connectivity index (χ1v) is 9.23. The van der Waals surface area contributed by atoms with Crippen molar-refractivity contribution in [2.75, 3.05) is 31.2 Å². The minimum atomic E-state index is -0.515. The second-order valence-electron chi connectivity index (χ2n) is 6.66. The summed E-state index contributed by atoms with van der Waals surface area (Å²) in [4.78, 5) is 31.6. The van der Waals surface area contributed by atoms with E-state index in [9.17, 15) is 9.59 Å². The van der Waals surface area contributed by atoms with Gasteiger partial charge >= 0.3 is 5.63 Å². The summed E-state index contributed by atoms with van der Waals surface area (Å²) in [6.07, 6.45) is 0. The summed E-state index contributed by atoms with van der Waals surface area (Å²) in [5.41, 5.74) is 0.861. The zero-order chi connectivity index (χ0) is 19.5. The van der Waals surface area contributed by atoms with Gasteiger partial charge in [-0.05, 0) is 30.5 Å². The third-order valence-corrected chi connectivity index (χ3v) is 4.85. The molecular weight excluding hydrogens is 358 g/mol. The average Bonchev–Trinajstić information content (AvgIpc) is 2.75. The minimum Gasteiger partial charge on any atom is -0.417 e. The summed E-state index contributed by atoms with van der Waals surface area (Å²) in [7, 11) is 0. The lowest BCUT2D eigenvalue weighted by Crippen LogP contribution is -2.37. The van der Waals surface area contributed by atoms with Gasteiger partial charge in [0.2, 0.25) is 0 Å². The Morgan fingerprint density at radius 2 is 1.86 bits per heavy atom. The molecule has 1 amide bonds. The van der Waals surface area contributed by atoms with Crippen molar-refractivity contribution in [2.45, 2.75) is 13.5 Å². The highest BCUT2D eigenvalue weighted by Gasteiger charge is 2.17. The van der Waals surface area contributed by atoms with E-state index in [2.05, 4.69) is 15.2 Å². The second kappa shape index (κ2) is 7.82. The third kappa shape index (κ3) is 3.61. The molecule has 0 bridgehead atoms. The number of hydrogen-bond donors (Lipinski definition) is 1. The molecule has 0 radical (unpaired) electrons. The molecule has 0 saturated carbocycles. The van der Waals surface area contributed by atoms with Crippen LogP contribution in [0.4, 0.5) is 5.82 Å². The fourth-order valence-corrected chi connectivity index (χ4v) is 3.34. The van der Waals surface area contributed by atoms with Crippen LogP contribution in [0.3, 0.4) is 0 Å². The van der Waals surface area contributed by atoms with Crippen molar-refractivity contribution in [2.24, 2.45) is 0 Å². The van der Waals surface area contributed by atoms with E-state index in [4.69, 9.17) is 9.15 Å². The number of hydrogen-bond acceptors (Lipinski definition) is 6. The van der Waals surface area contributed by atoms with Crippen LogP contribution >= 0.6 is 0 Å². The van der Waals surface area contributed by atoms with E-state index in [1.54, 1.807) is 19.1 Å². The molecule has 144 valence electrons. The summed E-state index contributed by atoms with van der Waals surface area (Å²) in [6.45, 7) is 4.98. The summed E-state index contributed by atoms with van der Waals surface area (Å²) >= 11 is 0. The Morgan fingerprint density at radius 3 is 2.64 bits per heavy atom. The zero-order valence-corrected chi connectivity index (χ0v) is 15.6. The molecule has 3 aromatic rings. The SMILES string of the molecule is Cc1c(C(=O)NCc2cccc(N3CCOCC3)n2)oc(=O)c2ccccc12. The number of aromatic nitrogens is 1. The Hall–Kier alpha value is -3.19. The van der Waals surface area contributed by atoms with Gasteiger partial charge in [0.05, 0.1) is 30.8 Å². The topological polar surface area (TPSA) is 84.7 Å². The molecule has 1 N–H and O–H groups in total. The molecule has 0 unspecified atom stereocenters. The van der Waals surface area contributed by atoms with E-state index in [1.807, 2.05) is 30.3 Å². The predicted octanol–water partition coefficient (Wildman–Crippen LogP) is 2.26. The Morgan fingerprint density at radius 1 is 1.11 bits per heavy atom. The van der Waals surface area contributed by atoms with Crippen LogP contribution in [0.25, 0.3) is 10.8 Å². The number of rotatable bonds is 4. The monoisotopic (exact) mass is 379 g/mol. The fourth-order valence-electron chi connectivity index (χ4n) is 3.34. The molecule has 7 heteroatoms. The van der Waals surface area contributed by atoms with Crippen molar-refractivity contribution >= 4 is 22.5 Å².